The number of piperazine rings is 1. The molecule has 2 aliphatic heterocycles. The molecule has 2 aliphatic rings. The minimum absolute atomic E-state index is 0.0534. The van der Waals surface area contributed by atoms with Crippen molar-refractivity contribution in [3.8, 4) is 17.2 Å². The minimum Gasteiger partial charge on any atom is -0.497 e. The molecule has 39 heavy (non-hydrogen) atoms. The molecule has 1 fully saturated rings. The van der Waals surface area contributed by atoms with E-state index in [-0.39, 0.29) is 42.4 Å². The molecule has 1 saturated heterocycles. The lowest BCUT2D eigenvalue weighted by Crippen LogP contribution is -2.58. The van der Waals surface area contributed by atoms with E-state index in [2.05, 4.69) is 14.5 Å². The first-order valence-electron chi connectivity index (χ1n) is 12.5. The van der Waals surface area contributed by atoms with Crippen LogP contribution in [0.15, 0.2) is 72.8 Å². The number of hydrogen-bond acceptors (Lipinski definition) is 5. The van der Waals surface area contributed by atoms with Crippen LogP contribution in [0.5, 0.6) is 17.2 Å². The van der Waals surface area contributed by atoms with Gasteiger partial charge in [-0.05, 0) is 53.9 Å². The number of rotatable bonds is 6. The number of benzene rings is 3. The molecule has 2 amide bonds. The molecule has 1 aromatic heterocycles. The Kier molecular flexibility index (Phi) is 6.09. The number of aromatic nitrogens is 1. The molecule has 6 rings (SSSR count). The van der Waals surface area contributed by atoms with Gasteiger partial charge in [0.05, 0.1) is 13.2 Å². The number of nitrogens with zero attached hydrogens (tertiary/aromatic N) is 2. The lowest BCUT2D eigenvalue weighted by molar-refractivity contribution is -0.286. The maximum absolute atomic E-state index is 13.5. The highest BCUT2D eigenvalue weighted by atomic mass is 19.3. The summed E-state index contributed by atoms with van der Waals surface area (Å²) in [5.41, 5.74) is 2.80. The van der Waals surface area contributed by atoms with E-state index in [0.717, 1.165) is 16.5 Å². The predicted molar refractivity (Wildman–Crippen MR) is 138 cm³/mol. The van der Waals surface area contributed by atoms with Crippen LogP contribution in [0.3, 0.4) is 0 Å². The summed E-state index contributed by atoms with van der Waals surface area (Å²) in [6.45, 7) is 0.374. The van der Waals surface area contributed by atoms with Gasteiger partial charge in [0, 0.05) is 24.0 Å². The first kappa shape index (κ1) is 24.7. The molecule has 1 atom stereocenters. The van der Waals surface area contributed by atoms with Crippen molar-refractivity contribution in [1.29, 1.82) is 0 Å². The second-order valence-electron chi connectivity index (χ2n) is 9.64. The molecule has 3 aromatic carbocycles. The number of hydrogen-bond donors (Lipinski definition) is 1. The summed E-state index contributed by atoms with van der Waals surface area (Å²) in [5.74, 6) is 0.0356. The highest BCUT2D eigenvalue weighted by molar-refractivity contribution is 6.00. The van der Waals surface area contributed by atoms with Crippen LogP contribution in [-0.4, -0.2) is 59.1 Å². The second-order valence-corrected chi connectivity index (χ2v) is 9.64. The summed E-state index contributed by atoms with van der Waals surface area (Å²) < 4.78 is 41.4. The maximum atomic E-state index is 13.5. The standard InChI is InChI=1S/C29H25F2N3O5/c1-37-22-8-9-23-20(13-22)14-24(32-23)28(36)33-16-21(11-18-5-3-2-4-6-18)34(27(35)17-33)15-19-7-10-25-26(12-19)39-29(30,31)38-25/h2-10,12-14,21,32H,11,15-17H2,1H3/t21-/m0/s1. The van der Waals surface area contributed by atoms with Gasteiger partial charge in [0.2, 0.25) is 5.91 Å². The van der Waals surface area contributed by atoms with Crippen LogP contribution in [0.25, 0.3) is 10.9 Å². The van der Waals surface area contributed by atoms with Crippen molar-refractivity contribution in [2.45, 2.75) is 25.3 Å². The van der Waals surface area contributed by atoms with Crippen LogP contribution in [0.1, 0.15) is 21.6 Å². The monoisotopic (exact) mass is 533 g/mol. The Balaban J connectivity index is 1.26. The van der Waals surface area contributed by atoms with Crippen molar-refractivity contribution in [3.63, 3.8) is 0 Å². The second kappa shape index (κ2) is 9.61. The van der Waals surface area contributed by atoms with Crippen LogP contribution >= 0.6 is 0 Å². The molecule has 3 heterocycles. The lowest BCUT2D eigenvalue weighted by atomic mass is 10.0. The number of alkyl halides is 2. The SMILES string of the molecule is COc1ccc2[nH]c(C(=O)N3CC(=O)N(Cc4ccc5c(c4)OC(F)(F)O5)[C@@H](Cc4ccccc4)C3)cc2c1. The van der Waals surface area contributed by atoms with Crippen molar-refractivity contribution in [3.05, 3.63) is 89.6 Å². The van der Waals surface area contributed by atoms with E-state index in [0.29, 0.717) is 30.0 Å². The van der Waals surface area contributed by atoms with Crippen LogP contribution in [0.4, 0.5) is 8.78 Å². The number of ether oxygens (including phenoxy) is 3. The topological polar surface area (TPSA) is 84.1 Å². The summed E-state index contributed by atoms with van der Waals surface area (Å²) in [6.07, 6.45) is -3.20. The third-order valence-corrected chi connectivity index (χ3v) is 7.00. The number of aromatic amines is 1. The van der Waals surface area contributed by atoms with Gasteiger partial charge < -0.3 is 29.0 Å². The van der Waals surface area contributed by atoms with E-state index < -0.39 is 6.29 Å². The zero-order valence-electron chi connectivity index (χ0n) is 21.0. The number of fused-ring (bicyclic) bond motifs is 2. The Hall–Kier alpha value is -4.60. The number of methoxy groups -OCH3 is 1. The van der Waals surface area contributed by atoms with E-state index in [1.807, 2.05) is 48.5 Å². The molecule has 8 nitrogen and oxygen atoms in total. The van der Waals surface area contributed by atoms with E-state index in [4.69, 9.17) is 4.74 Å². The van der Waals surface area contributed by atoms with Crippen molar-refractivity contribution < 1.29 is 32.6 Å². The molecule has 0 radical (unpaired) electrons. The molecule has 0 aliphatic carbocycles. The molecule has 1 N–H and O–H groups in total. The molecule has 200 valence electrons. The van der Waals surface area contributed by atoms with Gasteiger partial charge in [-0.15, -0.1) is 8.78 Å². The van der Waals surface area contributed by atoms with E-state index in [1.165, 1.54) is 12.1 Å². The van der Waals surface area contributed by atoms with E-state index >= 15 is 0 Å². The number of carbonyl (C=O) groups is 2. The Bertz CT molecular complexity index is 1560. The Morgan fingerprint density at radius 3 is 2.62 bits per heavy atom. The smallest absolute Gasteiger partial charge is 0.497 e. The zero-order chi connectivity index (χ0) is 27.1. The summed E-state index contributed by atoms with van der Waals surface area (Å²) in [4.78, 5) is 33.4. The normalized spacial score (nSPS) is 18.0. The molecule has 0 unspecified atom stereocenters. The fourth-order valence-electron chi connectivity index (χ4n) is 5.12. The van der Waals surface area contributed by atoms with Gasteiger partial charge >= 0.3 is 6.29 Å². The van der Waals surface area contributed by atoms with E-state index in [1.54, 1.807) is 29.0 Å². The largest absolute Gasteiger partial charge is 0.586 e. The van der Waals surface area contributed by atoms with Gasteiger partial charge in [-0.25, -0.2) is 0 Å². The number of amides is 2. The molecule has 0 bridgehead atoms. The Morgan fingerprint density at radius 1 is 1.03 bits per heavy atom. The fourth-order valence-corrected chi connectivity index (χ4v) is 5.12. The van der Waals surface area contributed by atoms with Crippen LogP contribution in [-0.2, 0) is 17.8 Å². The number of halogens is 2. The molecule has 0 saturated carbocycles. The van der Waals surface area contributed by atoms with Gasteiger partial charge in [0.1, 0.15) is 18.0 Å². The van der Waals surface area contributed by atoms with Crippen LogP contribution in [0, 0.1) is 0 Å². The highest BCUT2D eigenvalue weighted by Crippen LogP contribution is 2.41. The van der Waals surface area contributed by atoms with E-state index in [9.17, 15) is 18.4 Å². The van der Waals surface area contributed by atoms with Crippen molar-refractivity contribution in [2.24, 2.45) is 0 Å². The first-order valence-corrected chi connectivity index (χ1v) is 12.5. The average Bonchev–Trinajstić information content (AvgIpc) is 3.48. The Morgan fingerprint density at radius 2 is 1.82 bits per heavy atom. The summed E-state index contributed by atoms with van der Waals surface area (Å²) >= 11 is 0. The van der Waals surface area contributed by atoms with Crippen molar-refractivity contribution in [2.75, 3.05) is 20.2 Å². The quantitative estimate of drug-likeness (QED) is 0.392. The van der Waals surface area contributed by atoms with Gasteiger partial charge in [-0.2, -0.15) is 0 Å². The predicted octanol–water partition coefficient (Wildman–Crippen LogP) is 4.59. The minimum atomic E-state index is -3.72. The first-order chi connectivity index (χ1) is 18.8. The molecular weight excluding hydrogens is 508 g/mol. The number of carbonyl (C=O) groups excluding carboxylic acids is 2. The zero-order valence-corrected chi connectivity index (χ0v) is 21.0. The third kappa shape index (κ3) is 4.97. The highest BCUT2D eigenvalue weighted by Gasteiger charge is 2.43. The number of nitrogens with one attached hydrogen (secondary N) is 1. The lowest BCUT2D eigenvalue weighted by Gasteiger charge is -2.41. The fraction of sp³-hybridized carbons (Fsp3) is 0.241. The maximum Gasteiger partial charge on any atom is 0.586 e. The van der Waals surface area contributed by atoms with Gasteiger partial charge in [-0.1, -0.05) is 36.4 Å². The van der Waals surface area contributed by atoms with Crippen molar-refractivity contribution >= 4 is 22.7 Å². The van der Waals surface area contributed by atoms with Crippen molar-refractivity contribution in [1.82, 2.24) is 14.8 Å². The molecule has 4 aromatic rings. The molecular formula is C29H25F2N3O5. The molecule has 0 spiro atoms. The summed E-state index contributed by atoms with van der Waals surface area (Å²) in [5, 5.41) is 0.830. The third-order valence-electron chi connectivity index (χ3n) is 7.00. The number of H-pyrrole nitrogens is 1. The van der Waals surface area contributed by atoms with Gasteiger partial charge in [-0.3, -0.25) is 9.59 Å². The summed E-state index contributed by atoms with van der Waals surface area (Å²) in [6, 6.07) is 21.1. The van der Waals surface area contributed by atoms with Crippen LogP contribution in [0.2, 0.25) is 0 Å². The Labute approximate surface area is 222 Å². The van der Waals surface area contributed by atoms with Crippen LogP contribution < -0.4 is 14.2 Å². The molecule has 10 heteroatoms. The summed E-state index contributed by atoms with van der Waals surface area (Å²) in [7, 11) is 1.58. The average molecular weight is 534 g/mol. The van der Waals surface area contributed by atoms with Gasteiger partial charge in [0.15, 0.2) is 11.5 Å². The van der Waals surface area contributed by atoms with Gasteiger partial charge in [0.25, 0.3) is 5.91 Å².